The average Bonchev–Trinajstić information content (AvgIpc) is 2.76. The Balaban J connectivity index is 2.38. The van der Waals surface area contributed by atoms with Gasteiger partial charge in [0.25, 0.3) is 0 Å². The zero-order valence-corrected chi connectivity index (χ0v) is 9.78. The molecule has 0 aromatic heterocycles. The smallest absolute Gasteiger partial charge is 0.328 e. The highest BCUT2D eigenvalue weighted by Gasteiger charge is 2.30. The second-order valence-corrected chi connectivity index (χ2v) is 3.81. The minimum Gasteiger partial charge on any atom is -0.467 e. The summed E-state index contributed by atoms with van der Waals surface area (Å²) in [4.78, 5) is 22.8. The lowest BCUT2D eigenvalue weighted by atomic mass is 10.2. The van der Waals surface area contributed by atoms with Gasteiger partial charge in [0, 0.05) is 13.7 Å². The molecule has 1 saturated heterocycles. The highest BCUT2D eigenvalue weighted by molar-refractivity contribution is 5.87. The van der Waals surface area contributed by atoms with Crippen molar-refractivity contribution >= 4 is 11.9 Å². The van der Waals surface area contributed by atoms with Gasteiger partial charge in [-0.15, -0.1) is 0 Å². The van der Waals surface area contributed by atoms with Crippen molar-refractivity contribution < 1.29 is 19.1 Å². The van der Waals surface area contributed by atoms with Crippen LogP contribution in [-0.4, -0.2) is 50.8 Å². The van der Waals surface area contributed by atoms with E-state index in [-0.39, 0.29) is 18.1 Å². The van der Waals surface area contributed by atoms with Gasteiger partial charge in [-0.1, -0.05) is 0 Å². The number of hydrogen-bond acceptors (Lipinski definition) is 5. The SMILES string of the molecule is COC(=O)[C@H](C)NC(=O)C1CC(OC)CN1. The molecule has 2 N–H and O–H groups in total. The molecule has 1 aliphatic heterocycles. The van der Waals surface area contributed by atoms with E-state index in [1.165, 1.54) is 7.11 Å². The minimum atomic E-state index is -0.624. The molecular weight excluding hydrogens is 212 g/mol. The lowest BCUT2D eigenvalue weighted by molar-refractivity contribution is -0.144. The van der Waals surface area contributed by atoms with Gasteiger partial charge in [0.05, 0.1) is 19.3 Å². The number of carbonyl (C=O) groups excluding carboxylic acids is 2. The van der Waals surface area contributed by atoms with Crippen LogP contribution in [0.2, 0.25) is 0 Å². The summed E-state index contributed by atoms with van der Waals surface area (Å²) < 4.78 is 9.65. The van der Waals surface area contributed by atoms with Crippen LogP contribution >= 0.6 is 0 Å². The van der Waals surface area contributed by atoms with Crippen molar-refractivity contribution in [1.82, 2.24) is 10.6 Å². The summed E-state index contributed by atoms with van der Waals surface area (Å²) in [6.45, 7) is 2.24. The van der Waals surface area contributed by atoms with Crippen molar-refractivity contribution in [1.29, 1.82) is 0 Å². The van der Waals surface area contributed by atoms with Gasteiger partial charge >= 0.3 is 5.97 Å². The third-order valence-electron chi connectivity index (χ3n) is 2.65. The maximum Gasteiger partial charge on any atom is 0.328 e. The van der Waals surface area contributed by atoms with E-state index in [4.69, 9.17) is 4.74 Å². The number of rotatable bonds is 4. The molecule has 1 rings (SSSR count). The van der Waals surface area contributed by atoms with E-state index in [2.05, 4.69) is 15.4 Å². The molecule has 0 saturated carbocycles. The molecule has 1 amide bonds. The maximum atomic E-state index is 11.7. The molecule has 0 radical (unpaired) electrons. The molecule has 16 heavy (non-hydrogen) atoms. The topological polar surface area (TPSA) is 76.7 Å². The van der Waals surface area contributed by atoms with Gasteiger partial charge in [0.1, 0.15) is 6.04 Å². The summed E-state index contributed by atoms with van der Waals surface area (Å²) in [7, 11) is 2.91. The maximum absolute atomic E-state index is 11.7. The second kappa shape index (κ2) is 5.81. The van der Waals surface area contributed by atoms with Crippen LogP contribution in [0.1, 0.15) is 13.3 Å². The molecule has 1 aliphatic rings. The molecule has 92 valence electrons. The van der Waals surface area contributed by atoms with Gasteiger partial charge < -0.3 is 20.1 Å². The number of hydrogen-bond donors (Lipinski definition) is 2. The van der Waals surface area contributed by atoms with Gasteiger partial charge in [-0.05, 0) is 13.3 Å². The molecular formula is C10H18N2O4. The number of ether oxygens (including phenoxy) is 2. The lowest BCUT2D eigenvalue weighted by Gasteiger charge is -2.15. The predicted molar refractivity (Wildman–Crippen MR) is 56.8 cm³/mol. The van der Waals surface area contributed by atoms with Crippen molar-refractivity contribution in [2.45, 2.75) is 31.5 Å². The predicted octanol–water partition coefficient (Wildman–Crippen LogP) is -0.959. The number of carbonyl (C=O) groups is 2. The zero-order valence-electron chi connectivity index (χ0n) is 9.78. The van der Waals surface area contributed by atoms with Crippen LogP contribution in [0, 0.1) is 0 Å². The molecule has 0 aromatic rings. The molecule has 2 unspecified atom stereocenters. The number of amides is 1. The molecule has 6 heteroatoms. The number of methoxy groups -OCH3 is 2. The molecule has 0 bridgehead atoms. The molecule has 1 fully saturated rings. The van der Waals surface area contributed by atoms with E-state index >= 15 is 0 Å². The fourth-order valence-corrected chi connectivity index (χ4v) is 1.63. The van der Waals surface area contributed by atoms with Crippen molar-refractivity contribution in [3.63, 3.8) is 0 Å². The molecule has 1 heterocycles. The first kappa shape index (κ1) is 12.9. The normalized spacial score (nSPS) is 26.2. The van der Waals surface area contributed by atoms with Gasteiger partial charge in [-0.3, -0.25) is 4.79 Å². The van der Waals surface area contributed by atoms with Crippen LogP contribution in [0.5, 0.6) is 0 Å². The van der Waals surface area contributed by atoms with Crippen LogP contribution in [-0.2, 0) is 19.1 Å². The van der Waals surface area contributed by atoms with Gasteiger partial charge in [-0.2, -0.15) is 0 Å². The fraction of sp³-hybridized carbons (Fsp3) is 0.800. The van der Waals surface area contributed by atoms with Crippen molar-refractivity contribution in [3.05, 3.63) is 0 Å². The standard InChI is InChI=1S/C10H18N2O4/c1-6(10(14)16-3)12-9(13)8-4-7(15-2)5-11-8/h6-8,11H,4-5H2,1-3H3,(H,12,13)/t6-,7?,8?/m0/s1. The third-order valence-corrected chi connectivity index (χ3v) is 2.65. The van der Waals surface area contributed by atoms with Crippen molar-refractivity contribution in [2.75, 3.05) is 20.8 Å². The van der Waals surface area contributed by atoms with Gasteiger partial charge in [0.2, 0.25) is 5.91 Å². The zero-order chi connectivity index (χ0) is 12.1. The van der Waals surface area contributed by atoms with E-state index in [1.54, 1.807) is 14.0 Å². The quantitative estimate of drug-likeness (QED) is 0.608. The number of esters is 1. The molecule has 0 aliphatic carbocycles. The Morgan fingerprint density at radius 1 is 1.44 bits per heavy atom. The second-order valence-electron chi connectivity index (χ2n) is 3.81. The summed E-state index contributed by atoms with van der Waals surface area (Å²) in [5, 5.41) is 5.62. The number of nitrogens with one attached hydrogen (secondary N) is 2. The van der Waals surface area contributed by atoms with Crippen LogP contribution in [0.4, 0.5) is 0 Å². The molecule has 0 spiro atoms. The summed E-state index contributed by atoms with van der Waals surface area (Å²) in [6.07, 6.45) is 0.681. The van der Waals surface area contributed by atoms with E-state index in [1.807, 2.05) is 0 Å². The summed E-state index contributed by atoms with van der Waals surface area (Å²) >= 11 is 0. The Bertz CT molecular complexity index is 270. The summed E-state index contributed by atoms with van der Waals surface area (Å²) in [5.74, 6) is -0.646. The largest absolute Gasteiger partial charge is 0.467 e. The van der Waals surface area contributed by atoms with Gasteiger partial charge in [-0.25, -0.2) is 4.79 Å². The van der Waals surface area contributed by atoms with Crippen molar-refractivity contribution in [2.24, 2.45) is 0 Å². The molecule has 3 atom stereocenters. The average molecular weight is 230 g/mol. The third kappa shape index (κ3) is 3.18. The Labute approximate surface area is 94.7 Å². The van der Waals surface area contributed by atoms with Gasteiger partial charge in [0.15, 0.2) is 0 Å². The monoisotopic (exact) mass is 230 g/mol. The van der Waals surface area contributed by atoms with E-state index in [0.29, 0.717) is 13.0 Å². The highest BCUT2D eigenvalue weighted by atomic mass is 16.5. The van der Waals surface area contributed by atoms with Crippen LogP contribution in [0.15, 0.2) is 0 Å². The fourth-order valence-electron chi connectivity index (χ4n) is 1.63. The van der Waals surface area contributed by atoms with E-state index in [9.17, 15) is 9.59 Å². The minimum absolute atomic E-state index is 0.0594. The highest BCUT2D eigenvalue weighted by Crippen LogP contribution is 2.09. The first-order valence-electron chi connectivity index (χ1n) is 5.22. The lowest BCUT2D eigenvalue weighted by Crippen LogP contribution is -2.47. The molecule has 0 aromatic carbocycles. The first-order chi connectivity index (χ1) is 7.58. The Kier molecular flexibility index (Phi) is 4.70. The Morgan fingerprint density at radius 3 is 2.62 bits per heavy atom. The van der Waals surface area contributed by atoms with Crippen LogP contribution in [0.25, 0.3) is 0 Å². The first-order valence-corrected chi connectivity index (χ1v) is 5.22. The van der Waals surface area contributed by atoms with Crippen molar-refractivity contribution in [3.8, 4) is 0 Å². The summed E-state index contributed by atoms with van der Waals surface area (Å²) in [5.41, 5.74) is 0. The Hall–Kier alpha value is -1.14. The van der Waals surface area contributed by atoms with E-state index < -0.39 is 12.0 Å². The van der Waals surface area contributed by atoms with Crippen LogP contribution in [0.3, 0.4) is 0 Å². The van der Waals surface area contributed by atoms with Crippen LogP contribution < -0.4 is 10.6 Å². The van der Waals surface area contributed by atoms with E-state index in [0.717, 1.165) is 0 Å². The Morgan fingerprint density at radius 2 is 2.12 bits per heavy atom. The summed E-state index contributed by atoms with van der Waals surface area (Å²) in [6, 6.07) is -0.919. The molecule has 6 nitrogen and oxygen atoms in total.